The van der Waals surface area contributed by atoms with Crippen molar-refractivity contribution in [1.82, 2.24) is 19.9 Å². The lowest BCUT2D eigenvalue weighted by Crippen LogP contribution is -2.43. The van der Waals surface area contributed by atoms with Gasteiger partial charge in [-0.3, -0.25) is 14.7 Å². The quantitative estimate of drug-likeness (QED) is 0.0692. The van der Waals surface area contributed by atoms with Crippen LogP contribution in [0.5, 0.6) is 5.75 Å². The number of amides is 1. The van der Waals surface area contributed by atoms with Crippen LogP contribution in [0.2, 0.25) is 18.1 Å². The highest BCUT2D eigenvalue weighted by molar-refractivity contribution is 6.74. The van der Waals surface area contributed by atoms with Gasteiger partial charge in [0, 0.05) is 36.7 Å². The van der Waals surface area contributed by atoms with E-state index < -0.39 is 14.4 Å². The van der Waals surface area contributed by atoms with Crippen molar-refractivity contribution in [2.24, 2.45) is 0 Å². The number of aromatic amines is 2. The molecule has 11 nitrogen and oxygen atoms in total. The molecule has 6 N–H and O–H groups in total. The molecule has 6 aromatic rings. The summed E-state index contributed by atoms with van der Waals surface area (Å²) >= 11 is 0. The molecule has 12 heteroatoms. The maximum absolute atomic E-state index is 13.0. The summed E-state index contributed by atoms with van der Waals surface area (Å²) in [5, 5.41) is 26.7. The monoisotopic (exact) mass is 731 g/mol. The molecule has 1 atom stereocenters. The number of allylic oxidation sites excluding steroid dienone is 1. The Balaban J connectivity index is 1.18. The lowest BCUT2D eigenvalue weighted by molar-refractivity contribution is 0.181. The zero-order chi connectivity index (χ0) is 37.9. The number of phenolic OH excluding ortho intramolecular Hbond substituents is 1. The Morgan fingerprint density at radius 2 is 1.74 bits per heavy atom. The lowest BCUT2D eigenvalue weighted by Gasteiger charge is -2.39. The number of carboxylic acid groups (broad SMARTS) is 1. The predicted molar refractivity (Wildman–Crippen MR) is 214 cm³/mol. The number of nitrogens with one attached hydrogen (secondary N) is 4. The summed E-state index contributed by atoms with van der Waals surface area (Å²) in [7, 11) is -2.24. The van der Waals surface area contributed by atoms with Gasteiger partial charge in [0.25, 0.3) is 0 Å². The molecular formula is C41H45N5O6Si. The van der Waals surface area contributed by atoms with E-state index in [0.29, 0.717) is 36.4 Å². The van der Waals surface area contributed by atoms with E-state index >= 15 is 0 Å². The fourth-order valence-electron chi connectivity index (χ4n) is 6.18. The average molecular weight is 732 g/mol. The largest absolute Gasteiger partial charge is 0.506 e. The molecule has 0 bridgehead atoms. The van der Waals surface area contributed by atoms with Crippen molar-refractivity contribution in [2.75, 3.05) is 11.9 Å². The number of phenols is 1. The standard InChI is InChI=1S/C41H45N5O6Si/c1-41(2,3)53(4,5)52-36(30-16-19-35(47)38-31(30)17-20-37(48)45-38)25-42-24-27-14-18-34-33(23-27)43-39(49)46(34)21-9-10-26-13-15-29(28-11-7-6-8-12-28)32(22-26)44-40(50)51/h6-20,22-23,36,42,44,47H,21,24-25H2,1-5H3,(H,43,49)(H,45,48)(H,50,51)/b10-9+. The van der Waals surface area contributed by atoms with Gasteiger partial charge in [0.05, 0.1) is 28.3 Å². The number of fused-ring (bicyclic) bond motifs is 2. The summed E-state index contributed by atoms with van der Waals surface area (Å²) in [5.74, 6) is 0.00452. The number of H-pyrrole nitrogens is 2. The molecule has 0 aliphatic heterocycles. The van der Waals surface area contributed by atoms with Crippen LogP contribution in [0, 0.1) is 0 Å². The summed E-state index contributed by atoms with van der Waals surface area (Å²) in [6, 6.07) is 27.6. The number of pyridine rings is 1. The lowest BCUT2D eigenvalue weighted by atomic mass is 10.0. The van der Waals surface area contributed by atoms with Crippen LogP contribution in [0.15, 0.2) is 107 Å². The first-order valence-electron chi connectivity index (χ1n) is 17.5. The predicted octanol–water partition coefficient (Wildman–Crippen LogP) is 8.20. The van der Waals surface area contributed by atoms with E-state index in [1.807, 2.05) is 78.9 Å². The van der Waals surface area contributed by atoms with Crippen LogP contribution < -0.4 is 21.9 Å². The molecule has 0 aliphatic rings. The van der Waals surface area contributed by atoms with Crippen LogP contribution in [0.25, 0.3) is 39.1 Å². The highest BCUT2D eigenvalue weighted by Gasteiger charge is 2.39. The van der Waals surface area contributed by atoms with Gasteiger partial charge in [-0.05, 0) is 70.7 Å². The number of aromatic nitrogens is 3. The molecule has 1 unspecified atom stereocenters. The summed E-state index contributed by atoms with van der Waals surface area (Å²) in [6.07, 6.45) is 2.24. The van der Waals surface area contributed by atoms with Crippen molar-refractivity contribution < 1.29 is 19.4 Å². The van der Waals surface area contributed by atoms with Crippen molar-refractivity contribution >= 4 is 48.1 Å². The van der Waals surface area contributed by atoms with Crippen molar-refractivity contribution in [3.63, 3.8) is 0 Å². The zero-order valence-electron chi connectivity index (χ0n) is 30.5. The molecule has 53 heavy (non-hydrogen) atoms. The molecule has 0 saturated heterocycles. The zero-order valence-corrected chi connectivity index (χ0v) is 31.5. The van der Waals surface area contributed by atoms with Crippen LogP contribution in [-0.2, 0) is 17.5 Å². The molecule has 6 rings (SSSR count). The fourth-order valence-corrected chi connectivity index (χ4v) is 7.46. The van der Waals surface area contributed by atoms with Crippen LogP contribution in [0.1, 0.15) is 43.6 Å². The van der Waals surface area contributed by atoms with Gasteiger partial charge in [-0.25, -0.2) is 9.59 Å². The van der Waals surface area contributed by atoms with Gasteiger partial charge < -0.3 is 29.9 Å². The number of anilines is 1. The third kappa shape index (κ3) is 8.36. The molecule has 2 heterocycles. The normalized spacial score (nSPS) is 12.8. The highest BCUT2D eigenvalue weighted by Crippen LogP contribution is 2.41. The first-order chi connectivity index (χ1) is 25.2. The first kappa shape index (κ1) is 37.1. The Bertz CT molecular complexity index is 2420. The van der Waals surface area contributed by atoms with Crippen LogP contribution >= 0.6 is 0 Å². The van der Waals surface area contributed by atoms with Crippen LogP contribution in [0.3, 0.4) is 0 Å². The van der Waals surface area contributed by atoms with Crippen molar-refractivity contribution in [1.29, 1.82) is 0 Å². The van der Waals surface area contributed by atoms with Crippen molar-refractivity contribution in [2.45, 2.75) is 58.1 Å². The smallest absolute Gasteiger partial charge is 0.409 e. The second kappa shape index (κ2) is 15.1. The van der Waals surface area contributed by atoms with Gasteiger partial charge in [0.1, 0.15) is 5.75 Å². The number of hydrogen-bond donors (Lipinski definition) is 6. The fraction of sp³-hybridized carbons (Fsp3) is 0.244. The first-order valence-corrected chi connectivity index (χ1v) is 20.4. The van der Waals surface area contributed by atoms with Gasteiger partial charge in [-0.2, -0.15) is 0 Å². The molecule has 0 radical (unpaired) electrons. The van der Waals surface area contributed by atoms with Crippen molar-refractivity contribution in [3.8, 4) is 16.9 Å². The second-order valence-corrected chi connectivity index (χ2v) is 19.4. The van der Waals surface area contributed by atoms with Gasteiger partial charge >= 0.3 is 11.8 Å². The van der Waals surface area contributed by atoms with E-state index in [0.717, 1.165) is 38.7 Å². The number of carbonyl (C=O) groups is 1. The maximum Gasteiger partial charge on any atom is 0.409 e. The van der Waals surface area contributed by atoms with Gasteiger partial charge in [0.15, 0.2) is 8.32 Å². The minimum absolute atomic E-state index is 0.00452. The minimum Gasteiger partial charge on any atom is -0.506 e. The Morgan fingerprint density at radius 1 is 0.962 bits per heavy atom. The Morgan fingerprint density at radius 3 is 2.47 bits per heavy atom. The topological polar surface area (TPSA) is 161 Å². The maximum atomic E-state index is 13.0. The third-order valence-electron chi connectivity index (χ3n) is 9.96. The summed E-state index contributed by atoms with van der Waals surface area (Å²) in [5.41, 5.74) is 6.12. The molecule has 1 amide bonds. The summed E-state index contributed by atoms with van der Waals surface area (Å²) in [4.78, 5) is 42.4. The van der Waals surface area contributed by atoms with Crippen LogP contribution in [-0.4, -0.2) is 45.7 Å². The molecule has 0 aliphatic carbocycles. The number of rotatable bonds is 12. The summed E-state index contributed by atoms with van der Waals surface area (Å²) < 4.78 is 8.58. The van der Waals surface area contributed by atoms with E-state index in [1.54, 1.807) is 22.8 Å². The summed E-state index contributed by atoms with van der Waals surface area (Å²) in [6.45, 7) is 12.3. The average Bonchev–Trinajstić information content (AvgIpc) is 3.41. The number of benzene rings is 4. The molecule has 4 aromatic carbocycles. The van der Waals surface area contributed by atoms with E-state index in [4.69, 9.17) is 4.43 Å². The minimum atomic E-state index is -2.24. The molecule has 0 spiro atoms. The van der Waals surface area contributed by atoms with Gasteiger partial charge in [-0.15, -0.1) is 0 Å². The van der Waals surface area contributed by atoms with E-state index in [1.165, 1.54) is 6.07 Å². The molecule has 0 fully saturated rings. The molecule has 0 saturated carbocycles. The Labute approximate surface area is 308 Å². The third-order valence-corrected chi connectivity index (χ3v) is 14.4. The highest BCUT2D eigenvalue weighted by atomic mass is 28.4. The van der Waals surface area contributed by atoms with Crippen molar-refractivity contribution in [3.05, 3.63) is 135 Å². The number of aromatic hydroxyl groups is 1. The van der Waals surface area contributed by atoms with Gasteiger partial charge in [-0.1, -0.05) is 87.5 Å². The SMILES string of the molecule is CC(C)(C)[Si](C)(C)OC(CNCc1ccc2c(c1)[nH]c(=O)n2C/C=C/c1ccc(-c2ccccc2)c(NC(=O)O)c1)c1ccc(O)c2[nH]c(=O)ccc12. The Hall–Kier alpha value is -5.69. The van der Waals surface area contributed by atoms with E-state index in [9.17, 15) is 24.6 Å². The Kier molecular flexibility index (Phi) is 10.6. The van der Waals surface area contributed by atoms with Crippen LogP contribution in [0.4, 0.5) is 10.5 Å². The molecule has 274 valence electrons. The second-order valence-electron chi connectivity index (χ2n) is 14.7. The molecule has 2 aromatic heterocycles. The number of hydrogen-bond acceptors (Lipinski definition) is 6. The van der Waals surface area contributed by atoms with E-state index in [2.05, 4.69) is 54.5 Å². The number of imidazole rings is 1. The number of nitrogens with zero attached hydrogens (tertiary/aromatic N) is 1. The van der Waals surface area contributed by atoms with Gasteiger partial charge in [0.2, 0.25) is 5.56 Å². The van der Waals surface area contributed by atoms with E-state index in [-0.39, 0.29) is 28.1 Å². The molecular weight excluding hydrogens is 687 g/mol.